The number of amides is 1. The van der Waals surface area contributed by atoms with Crippen LogP contribution < -0.4 is 10.9 Å². The van der Waals surface area contributed by atoms with Crippen molar-refractivity contribution in [2.24, 2.45) is 7.05 Å². The molecule has 1 unspecified atom stereocenters. The van der Waals surface area contributed by atoms with E-state index in [-0.39, 0.29) is 17.5 Å². The first-order valence-corrected chi connectivity index (χ1v) is 12.3. The van der Waals surface area contributed by atoms with Crippen LogP contribution in [-0.4, -0.2) is 70.2 Å². The van der Waals surface area contributed by atoms with Crippen molar-refractivity contribution in [2.75, 3.05) is 39.8 Å². The smallest absolute Gasteiger partial charge is 0.277 e. The van der Waals surface area contributed by atoms with Crippen molar-refractivity contribution in [1.82, 2.24) is 29.9 Å². The molecular formula is C25H32N6O2S. The van der Waals surface area contributed by atoms with Crippen molar-refractivity contribution in [1.29, 1.82) is 0 Å². The van der Waals surface area contributed by atoms with Crippen LogP contribution in [0.4, 0.5) is 0 Å². The van der Waals surface area contributed by atoms with Gasteiger partial charge in [0.05, 0.1) is 23.0 Å². The van der Waals surface area contributed by atoms with Gasteiger partial charge in [0.25, 0.3) is 11.5 Å². The van der Waals surface area contributed by atoms with Crippen LogP contribution in [0.15, 0.2) is 35.1 Å². The van der Waals surface area contributed by atoms with Gasteiger partial charge in [0, 0.05) is 39.8 Å². The fraction of sp³-hybridized carbons (Fsp3) is 0.440. The molecule has 2 aromatic heterocycles. The van der Waals surface area contributed by atoms with E-state index in [1.807, 2.05) is 39.0 Å². The highest BCUT2D eigenvalue weighted by atomic mass is 32.1. The van der Waals surface area contributed by atoms with Crippen LogP contribution >= 0.6 is 11.3 Å². The summed E-state index contributed by atoms with van der Waals surface area (Å²) in [5.41, 5.74) is 3.57. The minimum Gasteiger partial charge on any atom is -0.343 e. The number of piperazine rings is 1. The Morgan fingerprint density at radius 2 is 1.74 bits per heavy atom. The van der Waals surface area contributed by atoms with E-state index in [9.17, 15) is 9.59 Å². The van der Waals surface area contributed by atoms with Gasteiger partial charge in [-0.2, -0.15) is 5.10 Å². The molecule has 9 heteroatoms. The van der Waals surface area contributed by atoms with E-state index in [1.54, 1.807) is 7.05 Å². The molecule has 0 saturated carbocycles. The monoisotopic (exact) mass is 480 g/mol. The lowest BCUT2D eigenvalue weighted by Gasteiger charge is -2.35. The second-order valence-corrected chi connectivity index (χ2v) is 9.99. The lowest BCUT2D eigenvalue weighted by atomic mass is 10.1. The van der Waals surface area contributed by atoms with Crippen molar-refractivity contribution in [2.45, 2.75) is 26.8 Å². The molecule has 1 aliphatic rings. The summed E-state index contributed by atoms with van der Waals surface area (Å²) in [6.07, 6.45) is 0. The highest BCUT2D eigenvalue weighted by Gasteiger charge is 2.25. The van der Waals surface area contributed by atoms with Crippen molar-refractivity contribution >= 4 is 17.2 Å². The van der Waals surface area contributed by atoms with Gasteiger partial charge in [0.2, 0.25) is 0 Å². The molecule has 1 saturated heterocycles. The highest BCUT2D eigenvalue weighted by molar-refractivity contribution is 7.17. The standard InChI is InChI=1S/C25H32N6O2S/c1-16-17(2)28-30(5)25(33)21(16)24-26-18(3)22(34-24)23(32)27-20(19-9-7-6-8-10-19)15-31-13-11-29(4)12-14-31/h6-10,20H,11-15H2,1-5H3,(H,27,32). The Balaban J connectivity index is 1.61. The quantitative estimate of drug-likeness (QED) is 0.584. The summed E-state index contributed by atoms with van der Waals surface area (Å²) in [6, 6.07) is 9.95. The second-order valence-electron chi connectivity index (χ2n) is 8.99. The Morgan fingerprint density at radius 3 is 2.41 bits per heavy atom. The van der Waals surface area contributed by atoms with Gasteiger partial charge in [0.1, 0.15) is 9.88 Å². The third-order valence-electron chi connectivity index (χ3n) is 6.49. The summed E-state index contributed by atoms with van der Waals surface area (Å²) in [5.74, 6) is -0.163. The first kappa shape index (κ1) is 24.3. The van der Waals surface area contributed by atoms with Crippen LogP contribution in [0.3, 0.4) is 0 Å². The third kappa shape index (κ3) is 5.11. The SMILES string of the molecule is Cc1nc(-c2c(C)c(C)nn(C)c2=O)sc1C(=O)NC(CN1CCN(C)CC1)c1ccccc1. The van der Waals surface area contributed by atoms with E-state index in [0.717, 1.165) is 49.5 Å². The van der Waals surface area contributed by atoms with Crippen LogP contribution in [0.5, 0.6) is 0 Å². The minimum atomic E-state index is -0.207. The van der Waals surface area contributed by atoms with Crippen LogP contribution in [-0.2, 0) is 7.05 Å². The maximum Gasteiger partial charge on any atom is 0.277 e. The topological polar surface area (TPSA) is 83.4 Å². The van der Waals surface area contributed by atoms with Crippen molar-refractivity contribution < 1.29 is 4.79 Å². The first-order valence-electron chi connectivity index (χ1n) is 11.5. The predicted octanol–water partition coefficient (Wildman–Crippen LogP) is 2.55. The van der Waals surface area contributed by atoms with Crippen LogP contribution in [0.1, 0.15) is 38.2 Å². The van der Waals surface area contributed by atoms with Gasteiger partial charge in [-0.3, -0.25) is 14.5 Å². The summed E-state index contributed by atoms with van der Waals surface area (Å²) >= 11 is 1.27. The molecule has 34 heavy (non-hydrogen) atoms. The molecule has 1 aromatic carbocycles. The highest BCUT2D eigenvalue weighted by Crippen LogP contribution is 2.29. The second kappa shape index (κ2) is 10.2. The first-order chi connectivity index (χ1) is 16.2. The molecule has 0 bridgehead atoms. The number of aryl methyl sites for hydroxylation is 3. The molecule has 3 heterocycles. The zero-order chi connectivity index (χ0) is 24.4. The van der Waals surface area contributed by atoms with Crippen LogP contribution in [0, 0.1) is 20.8 Å². The zero-order valence-electron chi connectivity index (χ0n) is 20.5. The van der Waals surface area contributed by atoms with Crippen molar-refractivity contribution in [3.05, 3.63) is 68.1 Å². The zero-order valence-corrected chi connectivity index (χ0v) is 21.3. The summed E-state index contributed by atoms with van der Waals surface area (Å²) in [6.45, 7) is 10.3. The van der Waals surface area contributed by atoms with Gasteiger partial charge >= 0.3 is 0 Å². The fourth-order valence-electron chi connectivity index (χ4n) is 4.25. The normalized spacial score (nSPS) is 15.9. The number of benzene rings is 1. The maximum absolute atomic E-state index is 13.4. The molecule has 0 spiro atoms. The fourth-order valence-corrected chi connectivity index (χ4v) is 5.31. The molecule has 4 rings (SSSR count). The Hall–Kier alpha value is -2.88. The molecule has 1 fully saturated rings. The minimum absolute atomic E-state index is 0.139. The molecule has 1 aliphatic heterocycles. The Labute approximate surface area is 204 Å². The molecule has 8 nitrogen and oxygen atoms in total. The average molecular weight is 481 g/mol. The van der Waals surface area contributed by atoms with Crippen LogP contribution in [0.25, 0.3) is 10.6 Å². The summed E-state index contributed by atoms with van der Waals surface area (Å²) in [4.78, 5) is 36.1. The summed E-state index contributed by atoms with van der Waals surface area (Å²) in [5, 5.41) is 8.05. The number of nitrogens with zero attached hydrogens (tertiary/aromatic N) is 5. The molecule has 180 valence electrons. The van der Waals surface area contributed by atoms with Gasteiger partial charge in [-0.25, -0.2) is 9.67 Å². The van der Waals surface area contributed by atoms with Gasteiger partial charge in [-0.05, 0) is 38.9 Å². The van der Waals surface area contributed by atoms with Crippen molar-refractivity contribution in [3.63, 3.8) is 0 Å². The Morgan fingerprint density at radius 1 is 1.06 bits per heavy atom. The number of aromatic nitrogens is 3. The molecule has 0 radical (unpaired) electrons. The van der Waals surface area contributed by atoms with Gasteiger partial charge < -0.3 is 10.2 Å². The maximum atomic E-state index is 13.4. The number of hydrogen-bond donors (Lipinski definition) is 1. The number of nitrogens with one attached hydrogen (secondary N) is 1. The molecular weight excluding hydrogens is 448 g/mol. The summed E-state index contributed by atoms with van der Waals surface area (Å²) in [7, 11) is 3.77. The lowest BCUT2D eigenvalue weighted by molar-refractivity contribution is 0.0910. The van der Waals surface area contributed by atoms with Gasteiger partial charge in [-0.1, -0.05) is 30.3 Å². The van der Waals surface area contributed by atoms with E-state index in [1.165, 1.54) is 16.0 Å². The van der Waals surface area contributed by atoms with E-state index in [4.69, 9.17) is 0 Å². The lowest BCUT2D eigenvalue weighted by Crippen LogP contribution is -2.47. The Kier molecular flexibility index (Phi) is 7.25. The van der Waals surface area contributed by atoms with E-state index in [0.29, 0.717) is 21.1 Å². The average Bonchev–Trinajstić information content (AvgIpc) is 3.20. The van der Waals surface area contributed by atoms with E-state index < -0.39 is 0 Å². The third-order valence-corrected chi connectivity index (χ3v) is 7.66. The number of hydrogen-bond acceptors (Lipinski definition) is 7. The largest absolute Gasteiger partial charge is 0.343 e. The van der Waals surface area contributed by atoms with Gasteiger partial charge in [0.15, 0.2) is 0 Å². The number of carbonyl (C=O) groups is 1. The molecule has 1 atom stereocenters. The number of rotatable bonds is 6. The number of thiazole rings is 1. The van der Waals surface area contributed by atoms with E-state index in [2.05, 4.69) is 44.4 Å². The van der Waals surface area contributed by atoms with Gasteiger partial charge in [-0.15, -0.1) is 11.3 Å². The molecule has 1 N–H and O–H groups in total. The molecule has 0 aliphatic carbocycles. The molecule has 1 amide bonds. The summed E-state index contributed by atoms with van der Waals surface area (Å²) < 4.78 is 1.33. The predicted molar refractivity (Wildman–Crippen MR) is 135 cm³/mol. The molecule has 3 aromatic rings. The van der Waals surface area contributed by atoms with E-state index >= 15 is 0 Å². The van der Waals surface area contributed by atoms with Crippen molar-refractivity contribution in [3.8, 4) is 10.6 Å². The number of carbonyl (C=O) groups excluding carboxylic acids is 1. The number of likely N-dealkylation sites (N-methyl/N-ethyl adjacent to an activating group) is 1. The Bertz CT molecular complexity index is 1230. The van der Waals surface area contributed by atoms with Crippen LogP contribution in [0.2, 0.25) is 0 Å².